The van der Waals surface area contributed by atoms with Gasteiger partial charge in [-0.3, -0.25) is 9.48 Å². The van der Waals surface area contributed by atoms with E-state index in [1.165, 1.54) is 6.92 Å². The number of Topliss-reactive ketones (excluding diaryl/α,β-unsaturated/α-hetero) is 1. The van der Waals surface area contributed by atoms with Crippen LogP contribution in [0.25, 0.3) is 5.65 Å². The maximum absolute atomic E-state index is 11.2. The van der Waals surface area contributed by atoms with E-state index in [0.29, 0.717) is 12.1 Å². The van der Waals surface area contributed by atoms with Gasteiger partial charge in [-0.25, -0.2) is 4.98 Å². The number of imidazole rings is 1. The lowest BCUT2D eigenvalue weighted by Gasteiger charge is -1.95. The normalized spacial score (nSPS) is 10.9. The highest BCUT2D eigenvalue weighted by Crippen LogP contribution is 2.07. The molecule has 0 atom stereocenters. The number of carbonyl (C=O) groups excluding carboxylic acids is 1. The molecule has 3 rings (SSSR count). The lowest BCUT2D eigenvalue weighted by atomic mass is 10.3. The van der Waals surface area contributed by atoms with E-state index in [2.05, 4.69) is 10.1 Å². The molecule has 3 aromatic heterocycles. The molecule has 5 nitrogen and oxygen atoms in total. The Kier molecular flexibility index (Phi) is 2.44. The van der Waals surface area contributed by atoms with Gasteiger partial charge in [0.1, 0.15) is 5.65 Å². The summed E-state index contributed by atoms with van der Waals surface area (Å²) in [6.07, 6.45) is 7.24. The van der Waals surface area contributed by atoms with Crippen molar-refractivity contribution in [2.75, 3.05) is 0 Å². The van der Waals surface area contributed by atoms with E-state index in [9.17, 15) is 4.79 Å². The van der Waals surface area contributed by atoms with Crippen molar-refractivity contribution in [2.24, 2.45) is 0 Å². The molecule has 0 fully saturated rings. The maximum Gasteiger partial charge on any atom is 0.162 e. The van der Waals surface area contributed by atoms with Gasteiger partial charge in [-0.05, 0) is 19.1 Å². The predicted molar refractivity (Wildman–Crippen MR) is 66.5 cm³/mol. The van der Waals surface area contributed by atoms with Gasteiger partial charge in [-0.1, -0.05) is 6.07 Å². The summed E-state index contributed by atoms with van der Waals surface area (Å²) < 4.78 is 3.68. The molecule has 0 aliphatic rings. The van der Waals surface area contributed by atoms with Gasteiger partial charge in [0.15, 0.2) is 5.78 Å². The summed E-state index contributed by atoms with van der Waals surface area (Å²) in [5, 5.41) is 4.15. The van der Waals surface area contributed by atoms with Crippen LogP contribution in [0.15, 0.2) is 43.0 Å². The molecule has 0 spiro atoms. The summed E-state index contributed by atoms with van der Waals surface area (Å²) in [6, 6.07) is 5.86. The lowest BCUT2D eigenvalue weighted by molar-refractivity contribution is 0.101. The van der Waals surface area contributed by atoms with Crippen molar-refractivity contribution in [3.05, 3.63) is 54.2 Å². The molecule has 18 heavy (non-hydrogen) atoms. The average molecular weight is 240 g/mol. The van der Waals surface area contributed by atoms with Crippen LogP contribution in [-0.4, -0.2) is 24.9 Å². The first-order valence-electron chi connectivity index (χ1n) is 5.68. The zero-order valence-electron chi connectivity index (χ0n) is 9.95. The van der Waals surface area contributed by atoms with Crippen LogP contribution in [0.4, 0.5) is 0 Å². The number of rotatable bonds is 3. The quantitative estimate of drug-likeness (QED) is 0.656. The number of carbonyl (C=O) groups is 1. The fourth-order valence-electron chi connectivity index (χ4n) is 1.86. The first kappa shape index (κ1) is 10.7. The highest BCUT2D eigenvalue weighted by molar-refractivity contribution is 5.93. The van der Waals surface area contributed by atoms with E-state index >= 15 is 0 Å². The molecule has 0 saturated heterocycles. The molecule has 0 unspecified atom stereocenters. The molecule has 0 amide bonds. The van der Waals surface area contributed by atoms with Crippen molar-refractivity contribution in [3.63, 3.8) is 0 Å². The standard InChI is InChI=1S/C13H12N4O/c1-10(18)11-6-14-17(7-11)9-12-8-16-5-3-2-4-13(16)15-12/h2-8H,9H2,1H3. The third-order valence-electron chi connectivity index (χ3n) is 2.78. The van der Waals surface area contributed by atoms with Crippen LogP contribution < -0.4 is 0 Å². The van der Waals surface area contributed by atoms with Crippen LogP contribution >= 0.6 is 0 Å². The fraction of sp³-hybridized carbons (Fsp3) is 0.154. The number of aromatic nitrogens is 4. The second-order valence-electron chi connectivity index (χ2n) is 4.18. The molecular weight excluding hydrogens is 228 g/mol. The van der Waals surface area contributed by atoms with Crippen LogP contribution in [0, 0.1) is 0 Å². The van der Waals surface area contributed by atoms with E-state index in [0.717, 1.165) is 11.3 Å². The van der Waals surface area contributed by atoms with Gasteiger partial charge in [0.2, 0.25) is 0 Å². The summed E-state index contributed by atoms with van der Waals surface area (Å²) in [4.78, 5) is 15.7. The van der Waals surface area contributed by atoms with Crippen LogP contribution in [-0.2, 0) is 6.54 Å². The van der Waals surface area contributed by atoms with Crippen molar-refractivity contribution in [3.8, 4) is 0 Å². The monoisotopic (exact) mass is 240 g/mol. The number of ketones is 1. The minimum Gasteiger partial charge on any atom is -0.307 e. The molecule has 3 aromatic rings. The first-order chi connectivity index (χ1) is 8.72. The molecule has 90 valence electrons. The van der Waals surface area contributed by atoms with Gasteiger partial charge in [-0.15, -0.1) is 0 Å². The molecule has 0 N–H and O–H groups in total. The molecule has 0 aliphatic heterocycles. The van der Waals surface area contributed by atoms with Crippen molar-refractivity contribution in [1.29, 1.82) is 0 Å². The van der Waals surface area contributed by atoms with Gasteiger partial charge in [-0.2, -0.15) is 5.10 Å². The first-order valence-corrected chi connectivity index (χ1v) is 5.68. The summed E-state index contributed by atoms with van der Waals surface area (Å²) in [6.45, 7) is 2.10. The number of hydrogen-bond acceptors (Lipinski definition) is 3. The number of hydrogen-bond donors (Lipinski definition) is 0. The fourth-order valence-corrected chi connectivity index (χ4v) is 1.86. The second-order valence-corrected chi connectivity index (χ2v) is 4.18. The largest absolute Gasteiger partial charge is 0.307 e. The molecule has 0 aromatic carbocycles. The van der Waals surface area contributed by atoms with Crippen LogP contribution in [0.2, 0.25) is 0 Å². The van der Waals surface area contributed by atoms with Gasteiger partial charge in [0.05, 0.1) is 24.0 Å². The smallest absolute Gasteiger partial charge is 0.162 e. The Balaban J connectivity index is 1.88. The van der Waals surface area contributed by atoms with Crippen molar-refractivity contribution >= 4 is 11.4 Å². The second kappa shape index (κ2) is 4.10. The van der Waals surface area contributed by atoms with Crippen LogP contribution in [0.5, 0.6) is 0 Å². The molecule has 3 heterocycles. The molecule has 0 aliphatic carbocycles. The van der Waals surface area contributed by atoms with Crippen molar-refractivity contribution in [2.45, 2.75) is 13.5 Å². The Hall–Kier alpha value is -2.43. The molecule has 0 saturated carbocycles. The van der Waals surface area contributed by atoms with E-state index in [-0.39, 0.29) is 5.78 Å². The zero-order chi connectivity index (χ0) is 12.5. The number of nitrogens with zero attached hydrogens (tertiary/aromatic N) is 4. The third-order valence-corrected chi connectivity index (χ3v) is 2.78. The lowest BCUT2D eigenvalue weighted by Crippen LogP contribution is -2.00. The summed E-state index contributed by atoms with van der Waals surface area (Å²) >= 11 is 0. The van der Waals surface area contributed by atoms with Crippen LogP contribution in [0.3, 0.4) is 0 Å². The Labute approximate surface area is 104 Å². The average Bonchev–Trinajstić information content (AvgIpc) is 2.94. The van der Waals surface area contributed by atoms with E-state index in [1.807, 2.05) is 35.0 Å². The Morgan fingerprint density at radius 2 is 2.22 bits per heavy atom. The van der Waals surface area contributed by atoms with Gasteiger partial charge in [0.25, 0.3) is 0 Å². The van der Waals surface area contributed by atoms with E-state index < -0.39 is 0 Å². The van der Waals surface area contributed by atoms with Gasteiger partial charge in [0, 0.05) is 18.6 Å². The predicted octanol–water partition coefficient (Wildman–Crippen LogP) is 1.78. The topological polar surface area (TPSA) is 52.2 Å². The third kappa shape index (κ3) is 1.90. The van der Waals surface area contributed by atoms with Gasteiger partial charge < -0.3 is 4.40 Å². The van der Waals surface area contributed by atoms with Gasteiger partial charge >= 0.3 is 0 Å². The van der Waals surface area contributed by atoms with E-state index in [1.54, 1.807) is 17.1 Å². The van der Waals surface area contributed by atoms with Crippen molar-refractivity contribution in [1.82, 2.24) is 19.2 Å². The molecule has 0 radical (unpaired) electrons. The van der Waals surface area contributed by atoms with Crippen molar-refractivity contribution < 1.29 is 4.79 Å². The summed E-state index contributed by atoms with van der Waals surface area (Å²) in [5.74, 6) is 0.0243. The minimum absolute atomic E-state index is 0.0243. The Morgan fingerprint density at radius 1 is 1.33 bits per heavy atom. The summed E-state index contributed by atoms with van der Waals surface area (Å²) in [7, 11) is 0. The van der Waals surface area contributed by atoms with E-state index in [4.69, 9.17) is 0 Å². The zero-order valence-corrected chi connectivity index (χ0v) is 9.95. The Morgan fingerprint density at radius 3 is 2.94 bits per heavy atom. The Bertz CT molecular complexity index is 677. The highest BCUT2D eigenvalue weighted by Gasteiger charge is 2.05. The molecule has 0 bridgehead atoms. The minimum atomic E-state index is 0.0243. The number of pyridine rings is 1. The maximum atomic E-state index is 11.2. The van der Waals surface area contributed by atoms with Crippen LogP contribution in [0.1, 0.15) is 23.0 Å². The SMILES string of the molecule is CC(=O)c1cnn(Cc2cn3ccccc3n2)c1. The highest BCUT2D eigenvalue weighted by atomic mass is 16.1. The summed E-state index contributed by atoms with van der Waals surface area (Å²) in [5.41, 5.74) is 2.45. The molecule has 5 heteroatoms. The molecular formula is C13H12N4O. The number of fused-ring (bicyclic) bond motifs is 1.